The van der Waals surface area contributed by atoms with Crippen molar-refractivity contribution >= 4 is 22.6 Å². The molecule has 0 amide bonds. The van der Waals surface area contributed by atoms with Crippen molar-refractivity contribution < 1.29 is 18.4 Å². The summed E-state index contributed by atoms with van der Waals surface area (Å²) in [5, 5.41) is 0. The van der Waals surface area contributed by atoms with Crippen LogP contribution >= 0.6 is 0 Å². The number of hydrogen-bond donors (Lipinski definition) is 0. The van der Waals surface area contributed by atoms with E-state index in [-0.39, 0.29) is 12.6 Å². The number of hydrogen-bond acceptors (Lipinski definition) is 4. The van der Waals surface area contributed by atoms with Gasteiger partial charge in [0.15, 0.2) is 16.6 Å². The van der Waals surface area contributed by atoms with Crippen molar-refractivity contribution in [1.82, 2.24) is 0 Å². The van der Waals surface area contributed by atoms with E-state index in [9.17, 15) is 4.79 Å². The minimum absolute atomic E-state index is 0.248. The fourth-order valence-corrected chi connectivity index (χ4v) is 16.6. The second-order valence-electron chi connectivity index (χ2n) is 10.8. The molecule has 3 aromatic carbocycles. The van der Waals surface area contributed by atoms with Crippen molar-refractivity contribution in [3.63, 3.8) is 0 Å². The highest BCUT2D eigenvalue weighted by Crippen LogP contribution is 2.33. The van der Waals surface area contributed by atoms with Gasteiger partial charge in [-0.05, 0) is 66.3 Å². The van der Waals surface area contributed by atoms with Crippen molar-refractivity contribution in [1.29, 1.82) is 0 Å². The molecular weight excluding hydrogens is 529 g/mol. The van der Waals surface area contributed by atoms with E-state index in [1.807, 2.05) is 0 Å². The second kappa shape index (κ2) is 16.5. The summed E-state index contributed by atoms with van der Waals surface area (Å²) in [5.41, 5.74) is 4.50. The Hall–Kier alpha value is -2.78. The van der Waals surface area contributed by atoms with E-state index < -0.39 is 16.6 Å². The van der Waals surface area contributed by atoms with Crippen LogP contribution in [0.3, 0.4) is 0 Å². The van der Waals surface area contributed by atoms with Crippen LogP contribution in [-0.2, 0) is 36.5 Å². The van der Waals surface area contributed by atoms with Gasteiger partial charge >= 0.3 is 5.97 Å². The van der Waals surface area contributed by atoms with Crippen LogP contribution in [0.4, 0.5) is 0 Å². The van der Waals surface area contributed by atoms with Gasteiger partial charge in [-0.25, -0.2) is 4.79 Å². The zero-order valence-electron chi connectivity index (χ0n) is 24.6. The molecule has 0 spiro atoms. The normalized spacial score (nSPS) is 11.8. The van der Waals surface area contributed by atoms with Gasteiger partial charge in [0.1, 0.15) is 6.61 Å². The maximum atomic E-state index is 11.6. The standard InChI is InChI=1S/C34H46O4Si2/c1-5-39(6-2,27-31-17-10-7-11-18-31)38-40(28-32-19-12-8-13-20-32,29-33-21-14-9-15-22-33)26-16-23-36-24-25-37-34(35)30(3)4/h7-15,17-22H,3,5-6,16,23-29H2,1-2,4H3. The first-order chi connectivity index (χ1) is 19.4. The summed E-state index contributed by atoms with van der Waals surface area (Å²) in [6, 6.07) is 38.9. The minimum Gasteiger partial charge on any atom is -0.460 e. The van der Waals surface area contributed by atoms with Crippen molar-refractivity contribution in [2.45, 2.75) is 63.5 Å². The van der Waals surface area contributed by atoms with Crippen molar-refractivity contribution in [2.75, 3.05) is 19.8 Å². The maximum Gasteiger partial charge on any atom is 0.333 e. The summed E-state index contributed by atoms with van der Waals surface area (Å²) in [5.74, 6) is -0.368. The van der Waals surface area contributed by atoms with E-state index in [4.69, 9.17) is 13.6 Å². The van der Waals surface area contributed by atoms with Gasteiger partial charge in [-0.1, -0.05) is 111 Å². The van der Waals surface area contributed by atoms with Gasteiger partial charge in [-0.15, -0.1) is 0 Å². The average Bonchev–Trinajstić information content (AvgIpc) is 2.97. The molecule has 6 heteroatoms. The first-order valence-corrected chi connectivity index (χ1v) is 19.7. The van der Waals surface area contributed by atoms with Crippen molar-refractivity contribution in [3.05, 3.63) is 120 Å². The summed E-state index contributed by atoms with van der Waals surface area (Å²) >= 11 is 0. The van der Waals surface area contributed by atoms with Gasteiger partial charge < -0.3 is 13.6 Å². The molecular formula is C34H46O4Si2. The molecule has 0 aromatic heterocycles. The van der Waals surface area contributed by atoms with Crippen LogP contribution in [0.1, 0.15) is 43.9 Å². The van der Waals surface area contributed by atoms with Crippen LogP contribution in [0.2, 0.25) is 18.1 Å². The predicted molar refractivity (Wildman–Crippen MR) is 170 cm³/mol. The first-order valence-electron chi connectivity index (χ1n) is 14.6. The Kier molecular flexibility index (Phi) is 13.1. The molecule has 0 saturated carbocycles. The highest BCUT2D eigenvalue weighted by Gasteiger charge is 2.44. The number of rotatable bonds is 18. The second-order valence-corrected chi connectivity index (χ2v) is 19.3. The Morgan fingerprint density at radius 2 is 1.12 bits per heavy atom. The lowest BCUT2D eigenvalue weighted by atomic mass is 10.2. The quantitative estimate of drug-likeness (QED) is 0.0673. The van der Waals surface area contributed by atoms with E-state index >= 15 is 0 Å². The number of carbonyl (C=O) groups excluding carboxylic acids is 1. The molecule has 0 saturated heterocycles. The lowest BCUT2D eigenvalue weighted by Gasteiger charge is -2.42. The molecule has 0 aliphatic heterocycles. The zero-order valence-corrected chi connectivity index (χ0v) is 26.6. The SMILES string of the molecule is C=C(C)C(=O)OCCOCCC[Si](Cc1ccccc1)(Cc1ccccc1)O[Si](CC)(CC)Cc1ccccc1. The van der Waals surface area contributed by atoms with Crippen molar-refractivity contribution in [2.24, 2.45) is 0 Å². The van der Waals surface area contributed by atoms with Crippen LogP contribution < -0.4 is 0 Å². The van der Waals surface area contributed by atoms with Gasteiger partial charge in [-0.2, -0.15) is 0 Å². The van der Waals surface area contributed by atoms with Crippen LogP contribution in [0, 0.1) is 0 Å². The van der Waals surface area contributed by atoms with Gasteiger partial charge in [0.25, 0.3) is 0 Å². The molecule has 0 unspecified atom stereocenters. The first kappa shape index (κ1) is 31.7. The predicted octanol–water partition coefficient (Wildman–Crippen LogP) is 7.81. The Morgan fingerprint density at radius 1 is 0.675 bits per heavy atom. The monoisotopic (exact) mass is 574 g/mol. The lowest BCUT2D eigenvalue weighted by molar-refractivity contribution is -0.140. The molecule has 4 nitrogen and oxygen atoms in total. The molecule has 0 atom stereocenters. The summed E-state index contributed by atoms with van der Waals surface area (Å²) in [7, 11) is -4.40. The summed E-state index contributed by atoms with van der Waals surface area (Å²) in [6.45, 7) is 11.2. The number of ether oxygens (including phenoxy) is 2. The Morgan fingerprint density at radius 3 is 1.55 bits per heavy atom. The van der Waals surface area contributed by atoms with Crippen LogP contribution in [0.5, 0.6) is 0 Å². The van der Waals surface area contributed by atoms with Gasteiger partial charge in [0.05, 0.1) is 6.61 Å². The van der Waals surface area contributed by atoms with E-state index in [1.54, 1.807) is 6.92 Å². The van der Waals surface area contributed by atoms with Crippen LogP contribution in [0.25, 0.3) is 0 Å². The maximum absolute atomic E-state index is 11.6. The Bertz CT molecular complexity index is 1110. The molecule has 0 heterocycles. The van der Waals surface area contributed by atoms with Crippen LogP contribution in [-0.4, -0.2) is 42.4 Å². The molecule has 0 bridgehead atoms. The smallest absolute Gasteiger partial charge is 0.333 e. The molecule has 0 radical (unpaired) electrons. The van der Waals surface area contributed by atoms with Crippen LogP contribution in [0.15, 0.2) is 103 Å². The Labute approximate surface area is 243 Å². The minimum atomic E-state index is -2.32. The fourth-order valence-electron chi connectivity index (χ4n) is 5.32. The highest BCUT2D eigenvalue weighted by atomic mass is 28.4. The Balaban J connectivity index is 1.84. The largest absolute Gasteiger partial charge is 0.460 e. The zero-order chi connectivity index (χ0) is 28.7. The van der Waals surface area contributed by atoms with E-state index in [1.165, 1.54) is 16.7 Å². The summed E-state index contributed by atoms with van der Waals surface area (Å²) in [4.78, 5) is 11.6. The van der Waals surface area contributed by atoms with Gasteiger partial charge in [-0.3, -0.25) is 0 Å². The molecule has 214 valence electrons. The fraction of sp³-hybridized carbons (Fsp3) is 0.382. The molecule has 40 heavy (non-hydrogen) atoms. The number of esters is 1. The molecule has 0 fully saturated rings. The summed E-state index contributed by atoms with van der Waals surface area (Å²) in [6.07, 6.45) is 0.920. The lowest BCUT2D eigenvalue weighted by Crippen LogP contribution is -2.55. The van der Waals surface area contributed by atoms with Crippen molar-refractivity contribution in [3.8, 4) is 0 Å². The van der Waals surface area contributed by atoms with E-state index in [0.29, 0.717) is 18.8 Å². The summed E-state index contributed by atoms with van der Waals surface area (Å²) < 4.78 is 18.9. The average molecular weight is 575 g/mol. The van der Waals surface area contributed by atoms with Gasteiger partial charge in [0.2, 0.25) is 0 Å². The van der Waals surface area contributed by atoms with E-state index in [0.717, 1.165) is 42.7 Å². The third-order valence-corrected chi connectivity index (χ3v) is 18.0. The molecule has 3 aromatic rings. The van der Waals surface area contributed by atoms with Gasteiger partial charge in [0, 0.05) is 12.2 Å². The number of carbonyl (C=O) groups is 1. The number of benzene rings is 3. The molecule has 0 aliphatic rings. The molecule has 3 rings (SSSR count). The molecule has 0 N–H and O–H groups in total. The highest BCUT2D eigenvalue weighted by molar-refractivity contribution is 6.86. The topological polar surface area (TPSA) is 44.8 Å². The van der Waals surface area contributed by atoms with E-state index in [2.05, 4.69) is 111 Å². The third-order valence-electron chi connectivity index (χ3n) is 7.56. The third kappa shape index (κ3) is 10.3. The molecule has 0 aliphatic carbocycles.